The summed E-state index contributed by atoms with van der Waals surface area (Å²) in [5, 5.41) is 0. The van der Waals surface area contributed by atoms with Crippen molar-refractivity contribution in [3.8, 4) is 16.9 Å². The number of anilines is 1. The van der Waals surface area contributed by atoms with Gasteiger partial charge in [0.1, 0.15) is 23.5 Å². The largest absolute Gasteiger partial charge is 0.486 e. The van der Waals surface area contributed by atoms with Crippen molar-refractivity contribution in [3.63, 3.8) is 0 Å². The van der Waals surface area contributed by atoms with E-state index in [1.54, 1.807) is 45.0 Å². The normalized spacial score (nSPS) is 15.7. The number of benzene rings is 3. The predicted molar refractivity (Wildman–Crippen MR) is 132 cm³/mol. The summed E-state index contributed by atoms with van der Waals surface area (Å²) in [5.41, 5.74) is 0.334. The first-order valence-corrected chi connectivity index (χ1v) is 12.8. The molecule has 0 fully saturated rings. The van der Waals surface area contributed by atoms with Crippen LogP contribution in [0.2, 0.25) is 0 Å². The number of hydrogen-bond donors (Lipinski definition) is 0. The molecule has 1 aliphatic rings. The Kier molecular flexibility index (Phi) is 6.79. The van der Waals surface area contributed by atoms with Crippen molar-refractivity contribution < 1.29 is 31.5 Å². The number of hydrogen-bond acceptors (Lipinski definition) is 5. The van der Waals surface area contributed by atoms with Gasteiger partial charge in [-0.15, -0.1) is 0 Å². The van der Waals surface area contributed by atoms with Crippen LogP contribution >= 0.6 is 0 Å². The molecule has 6 nitrogen and oxygen atoms in total. The lowest BCUT2D eigenvalue weighted by Gasteiger charge is -2.38. The Morgan fingerprint density at radius 3 is 2.56 bits per heavy atom. The molecule has 4 rings (SSSR count). The first-order valence-electron chi connectivity index (χ1n) is 11.4. The smallest absolute Gasteiger partial charge is 0.311 e. The molecule has 36 heavy (non-hydrogen) atoms. The van der Waals surface area contributed by atoms with E-state index in [2.05, 4.69) is 0 Å². The summed E-state index contributed by atoms with van der Waals surface area (Å²) in [6.07, 6.45) is -0.470. The van der Waals surface area contributed by atoms with Gasteiger partial charge in [0.25, 0.3) is 10.0 Å². The first kappa shape index (κ1) is 25.6. The van der Waals surface area contributed by atoms with Gasteiger partial charge < -0.3 is 9.47 Å². The molecule has 1 heterocycles. The highest BCUT2D eigenvalue weighted by Gasteiger charge is 2.40. The van der Waals surface area contributed by atoms with E-state index in [9.17, 15) is 22.0 Å². The Labute approximate surface area is 209 Å². The van der Waals surface area contributed by atoms with Crippen molar-refractivity contribution in [2.24, 2.45) is 5.41 Å². The molecule has 1 aliphatic heterocycles. The molecule has 0 bridgehead atoms. The summed E-state index contributed by atoms with van der Waals surface area (Å²) in [6.45, 7) is 5.11. The average molecular weight is 516 g/mol. The molecule has 190 valence electrons. The average Bonchev–Trinajstić information content (AvgIpc) is 2.84. The van der Waals surface area contributed by atoms with Crippen LogP contribution in [0.1, 0.15) is 25.8 Å². The maximum atomic E-state index is 14.5. The number of carbonyl (C=O) groups excluding carboxylic acids is 1. The molecule has 0 aromatic heterocycles. The van der Waals surface area contributed by atoms with Crippen LogP contribution in [-0.2, 0) is 19.6 Å². The van der Waals surface area contributed by atoms with E-state index in [4.69, 9.17) is 9.47 Å². The zero-order chi connectivity index (χ0) is 26.3. The van der Waals surface area contributed by atoms with E-state index < -0.39 is 39.1 Å². The Morgan fingerprint density at radius 1 is 1.11 bits per heavy atom. The maximum Gasteiger partial charge on any atom is 0.311 e. The van der Waals surface area contributed by atoms with Crippen LogP contribution in [-0.4, -0.2) is 34.1 Å². The third-order valence-electron chi connectivity index (χ3n) is 6.18. The monoisotopic (exact) mass is 515 g/mol. The summed E-state index contributed by atoms with van der Waals surface area (Å²) in [4.78, 5) is 12.4. The lowest BCUT2D eigenvalue weighted by molar-refractivity contribution is -0.152. The molecule has 3 aromatic carbocycles. The summed E-state index contributed by atoms with van der Waals surface area (Å²) >= 11 is 0. The van der Waals surface area contributed by atoms with E-state index in [1.165, 1.54) is 29.6 Å². The third-order valence-corrected chi connectivity index (χ3v) is 7.96. The lowest BCUT2D eigenvalue weighted by atomic mass is 9.86. The summed E-state index contributed by atoms with van der Waals surface area (Å²) in [5.74, 6) is -1.45. The van der Waals surface area contributed by atoms with Gasteiger partial charge in [-0.2, -0.15) is 0 Å². The lowest BCUT2D eigenvalue weighted by Crippen LogP contribution is -2.46. The Morgan fingerprint density at radius 2 is 1.86 bits per heavy atom. The fraction of sp³-hybridized carbons (Fsp3) is 0.296. The minimum atomic E-state index is -4.06. The number of sulfonamides is 1. The number of fused-ring (bicyclic) bond motifs is 1. The first-order chi connectivity index (χ1) is 16.9. The van der Waals surface area contributed by atoms with Crippen LogP contribution in [0.15, 0.2) is 65.6 Å². The van der Waals surface area contributed by atoms with Gasteiger partial charge in [-0.05, 0) is 74.4 Å². The number of rotatable bonds is 6. The summed E-state index contributed by atoms with van der Waals surface area (Å²) in [7, 11) is -2.77. The van der Waals surface area contributed by atoms with Crippen LogP contribution in [0.3, 0.4) is 0 Å². The molecule has 0 radical (unpaired) electrons. The van der Waals surface area contributed by atoms with Gasteiger partial charge in [-0.3, -0.25) is 9.10 Å². The summed E-state index contributed by atoms with van der Waals surface area (Å²) < 4.78 is 68.2. The van der Waals surface area contributed by atoms with Crippen molar-refractivity contribution in [2.45, 2.75) is 38.2 Å². The third kappa shape index (κ3) is 4.93. The second-order valence-electron chi connectivity index (χ2n) is 9.48. The number of nitrogens with zero attached hydrogens (tertiary/aromatic N) is 1. The maximum absolute atomic E-state index is 14.5. The van der Waals surface area contributed by atoms with Crippen molar-refractivity contribution >= 4 is 21.7 Å². The highest BCUT2D eigenvalue weighted by Crippen LogP contribution is 2.42. The Hall–Kier alpha value is -3.46. The highest BCUT2D eigenvalue weighted by atomic mass is 32.2. The minimum absolute atomic E-state index is 0.000323. The van der Waals surface area contributed by atoms with Gasteiger partial charge in [-0.1, -0.05) is 18.2 Å². The topological polar surface area (TPSA) is 72.9 Å². The molecular formula is C27H27F2NO5S. The molecule has 0 unspecified atom stereocenters. The second-order valence-corrected chi connectivity index (χ2v) is 11.3. The van der Waals surface area contributed by atoms with E-state index in [-0.39, 0.29) is 34.9 Å². The quantitative estimate of drug-likeness (QED) is 0.406. The van der Waals surface area contributed by atoms with E-state index >= 15 is 0 Å². The van der Waals surface area contributed by atoms with Crippen LogP contribution in [0.25, 0.3) is 11.1 Å². The van der Waals surface area contributed by atoms with Gasteiger partial charge >= 0.3 is 5.97 Å². The van der Waals surface area contributed by atoms with E-state index in [0.717, 1.165) is 23.8 Å². The van der Waals surface area contributed by atoms with E-state index in [0.29, 0.717) is 5.56 Å². The van der Waals surface area contributed by atoms with Gasteiger partial charge in [0, 0.05) is 12.0 Å². The zero-order valence-electron chi connectivity index (χ0n) is 20.4. The van der Waals surface area contributed by atoms with Crippen molar-refractivity contribution in [1.29, 1.82) is 0 Å². The molecular weight excluding hydrogens is 488 g/mol. The van der Waals surface area contributed by atoms with Crippen LogP contribution < -0.4 is 9.04 Å². The molecule has 1 atom stereocenters. The van der Waals surface area contributed by atoms with Crippen molar-refractivity contribution in [3.05, 3.63) is 77.9 Å². The Bertz CT molecular complexity index is 1420. The molecule has 0 aliphatic carbocycles. The molecule has 3 aromatic rings. The minimum Gasteiger partial charge on any atom is -0.486 e. The van der Waals surface area contributed by atoms with Gasteiger partial charge in [0.05, 0.1) is 29.7 Å². The van der Waals surface area contributed by atoms with Crippen molar-refractivity contribution in [1.82, 2.24) is 0 Å². The second kappa shape index (κ2) is 9.54. The fourth-order valence-electron chi connectivity index (χ4n) is 4.36. The number of esters is 1. The number of aryl methyl sites for hydroxylation is 1. The SMILES string of the molecule is COC(=O)C(C)(C)C[C@H]1CN(S(=O)(=O)c2cccc(C)c2)c2cc(-c3cc(F)ccc3F)ccc2O1. The molecule has 0 amide bonds. The van der Waals surface area contributed by atoms with Gasteiger partial charge in [0.2, 0.25) is 0 Å². The van der Waals surface area contributed by atoms with Crippen LogP contribution in [0, 0.1) is 24.0 Å². The zero-order valence-corrected chi connectivity index (χ0v) is 21.2. The molecule has 0 saturated heterocycles. The number of carbonyl (C=O) groups is 1. The molecule has 0 spiro atoms. The molecule has 9 heteroatoms. The highest BCUT2D eigenvalue weighted by molar-refractivity contribution is 7.92. The predicted octanol–water partition coefficient (Wildman–Crippen LogP) is 5.49. The summed E-state index contributed by atoms with van der Waals surface area (Å²) in [6, 6.07) is 14.2. The number of methoxy groups -OCH3 is 1. The van der Waals surface area contributed by atoms with Crippen LogP contribution in [0.4, 0.5) is 14.5 Å². The fourth-order valence-corrected chi connectivity index (χ4v) is 5.97. The van der Waals surface area contributed by atoms with Gasteiger partial charge in [0.15, 0.2) is 0 Å². The standard InChI is InChI=1S/C27H27F2NO5S/c1-17-6-5-7-21(12-17)36(32,33)30-16-20(15-27(2,3)26(31)34-4)35-25-11-8-18(13-24(25)30)22-14-19(28)9-10-23(22)29/h5-14,20H,15-16H2,1-4H3/t20-/m0/s1. The van der Waals surface area contributed by atoms with Gasteiger partial charge in [-0.25, -0.2) is 17.2 Å². The van der Waals surface area contributed by atoms with Crippen LogP contribution in [0.5, 0.6) is 5.75 Å². The molecule has 0 N–H and O–H groups in total. The Balaban J connectivity index is 1.83. The number of halogens is 2. The molecule has 0 saturated carbocycles. The van der Waals surface area contributed by atoms with Crippen molar-refractivity contribution in [2.75, 3.05) is 18.0 Å². The number of ether oxygens (including phenoxy) is 2. The van der Waals surface area contributed by atoms with E-state index in [1.807, 2.05) is 0 Å².